The predicted molar refractivity (Wildman–Crippen MR) is 61.5 cm³/mol. The van der Waals surface area contributed by atoms with Crippen molar-refractivity contribution in [1.82, 2.24) is 4.98 Å². The van der Waals surface area contributed by atoms with Gasteiger partial charge in [-0.3, -0.25) is 4.98 Å². The van der Waals surface area contributed by atoms with Gasteiger partial charge in [0.2, 0.25) is 0 Å². The Morgan fingerprint density at radius 2 is 2.07 bits per heavy atom. The van der Waals surface area contributed by atoms with E-state index >= 15 is 0 Å². The second kappa shape index (κ2) is 2.84. The molecule has 1 fully saturated rings. The lowest BCUT2D eigenvalue weighted by atomic mass is 9.97. The summed E-state index contributed by atoms with van der Waals surface area (Å²) in [7, 11) is 0. The third-order valence-corrected chi connectivity index (χ3v) is 3.17. The lowest BCUT2D eigenvalue weighted by Gasteiger charge is -2.08. The highest BCUT2D eigenvalue weighted by Gasteiger charge is 2.42. The normalized spacial score (nSPS) is 17.3. The first-order valence-corrected chi connectivity index (χ1v) is 5.17. The van der Waals surface area contributed by atoms with E-state index in [-0.39, 0.29) is 5.41 Å². The number of terminal acetylenes is 1. The van der Waals surface area contributed by atoms with Crippen LogP contribution in [-0.2, 0) is 5.41 Å². The van der Waals surface area contributed by atoms with Crippen molar-refractivity contribution >= 4 is 10.9 Å². The monoisotopic (exact) mass is 193 g/mol. The molecule has 0 spiro atoms. The first-order chi connectivity index (χ1) is 7.34. The Morgan fingerprint density at radius 1 is 1.27 bits per heavy atom. The first kappa shape index (κ1) is 8.49. The van der Waals surface area contributed by atoms with Crippen molar-refractivity contribution in [2.75, 3.05) is 0 Å². The smallest absolute Gasteiger partial charge is 0.0702 e. The summed E-state index contributed by atoms with van der Waals surface area (Å²) in [4.78, 5) is 4.44. The molecule has 72 valence electrons. The van der Waals surface area contributed by atoms with Crippen molar-refractivity contribution in [2.45, 2.75) is 18.3 Å². The van der Waals surface area contributed by atoms with Gasteiger partial charge in [-0.05, 0) is 30.5 Å². The Morgan fingerprint density at radius 3 is 2.80 bits per heavy atom. The van der Waals surface area contributed by atoms with Crippen LogP contribution in [0.4, 0.5) is 0 Å². The van der Waals surface area contributed by atoms with Gasteiger partial charge < -0.3 is 0 Å². The van der Waals surface area contributed by atoms with Crippen LogP contribution in [0.3, 0.4) is 0 Å². The molecule has 1 aromatic heterocycles. The zero-order chi connectivity index (χ0) is 10.3. The molecule has 0 amide bonds. The number of hydrogen-bond donors (Lipinski definition) is 0. The average Bonchev–Trinajstić information content (AvgIpc) is 3.09. The molecule has 1 nitrogen and oxygen atoms in total. The summed E-state index contributed by atoms with van der Waals surface area (Å²) in [6.07, 6.45) is 9.69. The number of para-hydroxylation sites is 1. The molecule has 2 aromatic rings. The minimum Gasteiger partial charge on any atom is -0.256 e. The van der Waals surface area contributed by atoms with Gasteiger partial charge in [-0.25, -0.2) is 0 Å². The van der Waals surface area contributed by atoms with Crippen LogP contribution in [0.25, 0.3) is 10.9 Å². The van der Waals surface area contributed by atoms with Crippen LogP contribution < -0.4 is 0 Å². The van der Waals surface area contributed by atoms with Gasteiger partial charge in [-0.1, -0.05) is 24.1 Å². The van der Waals surface area contributed by atoms with Crippen LogP contribution in [0, 0.1) is 12.3 Å². The van der Waals surface area contributed by atoms with E-state index < -0.39 is 0 Å². The molecule has 0 saturated heterocycles. The molecule has 0 radical (unpaired) electrons. The van der Waals surface area contributed by atoms with Crippen LogP contribution >= 0.6 is 0 Å². The van der Waals surface area contributed by atoms with E-state index in [1.165, 1.54) is 10.9 Å². The summed E-state index contributed by atoms with van der Waals surface area (Å²) in [5.41, 5.74) is 2.23. The lowest BCUT2D eigenvalue weighted by molar-refractivity contribution is 0.923. The quantitative estimate of drug-likeness (QED) is 0.634. The van der Waals surface area contributed by atoms with E-state index in [4.69, 9.17) is 6.42 Å². The van der Waals surface area contributed by atoms with Crippen molar-refractivity contribution in [1.29, 1.82) is 0 Å². The summed E-state index contributed by atoms with van der Waals surface area (Å²) < 4.78 is 0. The Labute approximate surface area is 89.2 Å². The molecule has 1 aliphatic rings. The van der Waals surface area contributed by atoms with Crippen molar-refractivity contribution < 1.29 is 0 Å². The maximum Gasteiger partial charge on any atom is 0.0702 e. The van der Waals surface area contributed by atoms with Crippen LogP contribution in [0.2, 0.25) is 0 Å². The van der Waals surface area contributed by atoms with E-state index in [0.717, 1.165) is 18.4 Å². The second-order valence-corrected chi connectivity index (χ2v) is 4.14. The zero-order valence-corrected chi connectivity index (χ0v) is 8.40. The molecule has 1 heteroatoms. The third-order valence-electron chi connectivity index (χ3n) is 3.17. The molecule has 0 N–H and O–H groups in total. The first-order valence-electron chi connectivity index (χ1n) is 5.17. The number of hydrogen-bond acceptors (Lipinski definition) is 1. The Kier molecular flexibility index (Phi) is 1.61. The van der Waals surface area contributed by atoms with E-state index in [9.17, 15) is 0 Å². The number of fused-ring (bicyclic) bond motifs is 1. The number of nitrogens with zero attached hydrogens (tertiary/aromatic N) is 1. The van der Waals surface area contributed by atoms with Crippen LogP contribution in [0.5, 0.6) is 0 Å². The SMILES string of the molecule is C#CC1(c2cnc3ccccc3c2)CC1. The fourth-order valence-electron chi connectivity index (χ4n) is 1.97. The van der Waals surface area contributed by atoms with E-state index in [1.807, 2.05) is 24.4 Å². The van der Waals surface area contributed by atoms with Crippen molar-refractivity contribution in [3.05, 3.63) is 42.1 Å². The summed E-state index contributed by atoms with van der Waals surface area (Å²) in [5, 5.41) is 1.18. The molecule has 0 bridgehead atoms. The number of rotatable bonds is 1. The maximum absolute atomic E-state index is 5.57. The summed E-state index contributed by atoms with van der Waals surface area (Å²) in [6.45, 7) is 0. The van der Waals surface area contributed by atoms with Crippen LogP contribution in [0.15, 0.2) is 36.5 Å². The molecular weight excluding hydrogens is 182 g/mol. The van der Waals surface area contributed by atoms with Crippen molar-refractivity contribution in [3.63, 3.8) is 0 Å². The van der Waals surface area contributed by atoms with Crippen molar-refractivity contribution in [3.8, 4) is 12.3 Å². The van der Waals surface area contributed by atoms with Gasteiger partial charge in [-0.15, -0.1) is 6.42 Å². The highest BCUT2D eigenvalue weighted by Crippen LogP contribution is 2.47. The lowest BCUT2D eigenvalue weighted by Crippen LogP contribution is -2.02. The Balaban J connectivity index is 2.19. The third kappa shape index (κ3) is 1.22. The molecule has 1 aliphatic carbocycles. The van der Waals surface area contributed by atoms with Crippen LogP contribution in [-0.4, -0.2) is 4.98 Å². The fraction of sp³-hybridized carbons (Fsp3) is 0.214. The van der Waals surface area contributed by atoms with Crippen LogP contribution in [0.1, 0.15) is 18.4 Å². The van der Waals surface area contributed by atoms with E-state index in [2.05, 4.69) is 23.0 Å². The molecule has 0 aliphatic heterocycles. The number of pyridine rings is 1. The number of benzene rings is 1. The predicted octanol–water partition coefficient (Wildman–Crippen LogP) is 2.90. The summed E-state index contributed by atoms with van der Waals surface area (Å²) in [5.74, 6) is 2.89. The average molecular weight is 193 g/mol. The summed E-state index contributed by atoms with van der Waals surface area (Å²) in [6, 6.07) is 10.3. The topological polar surface area (TPSA) is 12.9 Å². The zero-order valence-electron chi connectivity index (χ0n) is 8.40. The highest BCUT2D eigenvalue weighted by molar-refractivity contribution is 5.79. The molecule has 1 aromatic carbocycles. The Bertz CT molecular complexity index is 559. The molecule has 3 rings (SSSR count). The molecule has 1 saturated carbocycles. The van der Waals surface area contributed by atoms with Crippen molar-refractivity contribution in [2.24, 2.45) is 0 Å². The van der Waals surface area contributed by atoms with Gasteiger partial charge in [0.05, 0.1) is 10.9 Å². The maximum atomic E-state index is 5.57. The minimum atomic E-state index is -0.00295. The van der Waals surface area contributed by atoms with E-state index in [0.29, 0.717) is 0 Å². The van der Waals surface area contributed by atoms with E-state index in [1.54, 1.807) is 0 Å². The molecular formula is C14H11N. The highest BCUT2D eigenvalue weighted by atomic mass is 14.7. The molecule has 15 heavy (non-hydrogen) atoms. The van der Waals surface area contributed by atoms with Gasteiger partial charge in [-0.2, -0.15) is 0 Å². The second-order valence-electron chi connectivity index (χ2n) is 4.14. The van der Waals surface area contributed by atoms with Gasteiger partial charge >= 0.3 is 0 Å². The van der Waals surface area contributed by atoms with Gasteiger partial charge in [0.15, 0.2) is 0 Å². The molecule has 0 unspecified atom stereocenters. The van der Waals surface area contributed by atoms with Gasteiger partial charge in [0.1, 0.15) is 0 Å². The minimum absolute atomic E-state index is 0.00295. The molecule has 0 atom stereocenters. The number of aromatic nitrogens is 1. The summed E-state index contributed by atoms with van der Waals surface area (Å²) >= 11 is 0. The Hall–Kier alpha value is -1.81. The largest absolute Gasteiger partial charge is 0.256 e. The fourth-order valence-corrected chi connectivity index (χ4v) is 1.97. The standard InChI is InChI=1S/C14H11N/c1-2-14(7-8-14)12-9-11-5-3-4-6-13(11)15-10-12/h1,3-6,9-10H,7-8H2. The molecule has 1 heterocycles. The van der Waals surface area contributed by atoms with Gasteiger partial charge in [0.25, 0.3) is 0 Å². The van der Waals surface area contributed by atoms with Gasteiger partial charge in [0, 0.05) is 11.6 Å².